The number of carbonyl (C=O) groups is 2. The Labute approximate surface area is 115 Å². The van der Waals surface area contributed by atoms with Crippen molar-refractivity contribution in [1.29, 1.82) is 0 Å². The molecule has 0 aromatic heterocycles. The van der Waals surface area contributed by atoms with Crippen LogP contribution in [-0.2, 0) is 9.53 Å². The van der Waals surface area contributed by atoms with E-state index < -0.39 is 11.8 Å². The highest BCUT2D eigenvalue weighted by atomic mass is 35.5. The maximum atomic E-state index is 11.8. The van der Waals surface area contributed by atoms with Crippen LogP contribution in [-0.4, -0.2) is 31.6 Å². The van der Waals surface area contributed by atoms with E-state index in [1.54, 1.807) is 6.92 Å². The Morgan fingerprint density at radius 1 is 1.32 bits per heavy atom. The largest absolute Gasteiger partial charge is 0.489 e. The third kappa shape index (κ3) is 2.98. The third-order valence-corrected chi connectivity index (χ3v) is 2.81. The van der Waals surface area contributed by atoms with E-state index in [-0.39, 0.29) is 17.2 Å². The molecule has 0 N–H and O–H groups in total. The van der Waals surface area contributed by atoms with Gasteiger partial charge in [0, 0.05) is 12.0 Å². The number of carbonyl (C=O) groups excluding carboxylic acids is 2. The van der Waals surface area contributed by atoms with Gasteiger partial charge in [-0.3, -0.25) is 4.79 Å². The minimum atomic E-state index is -0.909. The number of ketones is 1. The summed E-state index contributed by atoms with van der Waals surface area (Å²) < 4.78 is 15.5. The number of esters is 1. The molecule has 1 aliphatic heterocycles. The maximum Gasteiger partial charge on any atom is 0.379 e. The highest BCUT2D eigenvalue weighted by molar-refractivity contribution is 6.41. The van der Waals surface area contributed by atoms with Crippen LogP contribution in [0, 0.1) is 0 Å². The lowest BCUT2D eigenvalue weighted by molar-refractivity contribution is -0.137. The van der Waals surface area contributed by atoms with Crippen LogP contribution in [0.25, 0.3) is 0 Å². The second kappa shape index (κ2) is 5.93. The summed E-state index contributed by atoms with van der Waals surface area (Å²) in [6.45, 7) is 2.74. The van der Waals surface area contributed by atoms with Gasteiger partial charge in [0.05, 0.1) is 24.8 Å². The Morgan fingerprint density at radius 2 is 2.05 bits per heavy atom. The lowest BCUT2D eigenvalue weighted by atomic mass is 10.1. The smallest absolute Gasteiger partial charge is 0.379 e. The molecule has 1 aliphatic rings. The molecule has 19 heavy (non-hydrogen) atoms. The molecular weight excluding hydrogens is 272 g/mol. The molecule has 0 aliphatic carbocycles. The Morgan fingerprint density at radius 3 is 2.79 bits per heavy atom. The lowest BCUT2D eigenvalue weighted by Gasteiger charge is -2.10. The first-order valence-corrected chi connectivity index (χ1v) is 6.32. The van der Waals surface area contributed by atoms with Crippen LogP contribution in [0.5, 0.6) is 11.5 Å². The summed E-state index contributed by atoms with van der Waals surface area (Å²) in [5.41, 5.74) is 0.132. The van der Waals surface area contributed by atoms with Gasteiger partial charge < -0.3 is 14.2 Å². The van der Waals surface area contributed by atoms with Crippen molar-refractivity contribution in [3.63, 3.8) is 0 Å². The van der Waals surface area contributed by atoms with E-state index in [1.165, 1.54) is 12.1 Å². The van der Waals surface area contributed by atoms with Crippen LogP contribution in [0.3, 0.4) is 0 Å². The van der Waals surface area contributed by atoms with Crippen LogP contribution in [0.1, 0.15) is 23.7 Å². The van der Waals surface area contributed by atoms with Crippen LogP contribution >= 0.6 is 11.6 Å². The van der Waals surface area contributed by atoms with Gasteiger partial charge >= 0.3 is 5.97 Å². The highest BCUT2D eigenvalue weighted by Crippen LogP contribution is 2.38. The zero-order chi connectivity index (χ0) is 13.8. The molecule has 5 nitrogen and oxygen atoms in total. The molecule has 2 rings (SSSR count). The van der Waals surface area contributed by atoms with Crippen molar-refractivity contribution in [1.82, 2.24) is 0 Å². The zero-order valence-corrected chi connectivity index (χ0v) is 11.2. The number of rotatable bonds is 3. The first kappa shape index (κ1) is 13.7. The van der Waals surface area contributed by atoms with E-state index in [9.17, 15) is 9.59 Å². The molecule has 0 atom stereocenters. The van der Waals surface area contributed by atoms with E-state index >= 15 is 0 Å². The minimum absolute atomic E-state index is 0.132. The van der Waals surface area contributed by atoms with Crippen molar-refractivity contribution in [3.8, 4) is 11.5 Å². The molecule has 0 fully saturated rings. The number of benzene rings is 1. The van der Waals surface area contributed by atoms with Gasteiger partial charge in [0.15, 0.2) is 11.5 Å². The number of hydrogen-bond acceptors (Lipinski definition) is 5. The number of fused-ring (bicyclic) bond motifs is 1. The quantitative estimate of drug-likeness (QED) is 0.484. The summed E-state index contributed by atoms with van der Waals surface area (Å²) in [5, 5.41) is 0.243. The Hall–Kier alpha value is -1.75. The lowest BCUT2D eigenvalue weighted by Crippen LogP contribution is -2.17. The van der Waals surface area contributed by atoms with Crippen LogP contribution in [0.4, 0.5) is 0 Å². The fraction of sp³-hybridized carbons (Fsp3) is 0.385. The maximum absolute atomic E-state index is 11.8. The number of halogens is 1. The van der Waals surface area contributed by atoms with E-state index in [4.69, 9.17) is 21.1 Å². The molecule has 102 valence electrons. The molecule has 1 heterocycles. The van der Waals surface area contributed by atoms with Crippen molar-refractivity contribution in [2.24, 2.45) is 0 Å². The molecule has 1 aromatic rings. The Balaban J connectivity index is 2.33. The van der Waals surface area contributed by atoms with Crippen LogP contribution in [0.2, 0.25) is 5.02 Å². The summed E-state index contributed by atoms with van der Waals surface area (Å²) in [6, 6.07) is 2.83. The molecule has 0 bridgehead atoms. The number of ether oxygens (including phenoxy) is 3. The molecule has 0 unspecified atom stereocenters. The van der Waals surface area contributed by atoms with Crippen molar-refractivity contribution in [2.45, 2.75) is 13.3 Å². The topological polar surface area (TPSA) is 61.8 Å². The van der Waals surface area contributed by atoms with E-state index in [1.807, 2.05) is 0 Å². The predicted molar refractivity (Wildman–Crippen MR) is 68.0 cm³/mol. The molecule has 6 heteroatoms. The van der Waals surface area contributed by atoms with Crippen molar-refractivity contribution in [2.75, 3.05) is 19.8 Å². The van der Waals surface area contributed by atoms with Gasteiger partial charge in [0.25, 0.3) is 5.78 Å². The third-order valence-electron chi connectivity index (χ3n) is 2.53. The van der Waals surface area contributed by atoms with Gasteiger partial charge in [-0.15, -0.1) is 0 Å². The average molecular weight is 285 g/mol. The Bertz CT molecular complexity index is 512. The Kier molecular flexibility index (Phi) is 4.27. The normalized spacial score (nSPS) is 13.6. The van der Waals surface area contributed by atoms with Crippen LogP contribution in [0.15, 0.2) is 12.1 Å². The average Bonchev–Trinajstić information content (AvgIpc) is 2.63. The first-order valence-electron chi connectivity index (χ1n) is 5.94. The minimum Gasteiger partial charge on any atom is -0.489 e. The molecule has 0 saturated heterocycles. The fourth-order valence-corrected chi connectivity index (χ4v) is 1.94. The predicted octanol–water partition coefficient (Wildman–Crippen LogP) is 2.25. The van der Waals surface area contributed by atoms with E-state index in [0.29, 0.717) is 24.7 Å². The van der Waals surface area contributed by atoms with Gasteiger partial charge in [-0.05, 0) is 19.1 Å². The molecular formula is C13H13ClO5. The SMILES string of the molecule is CCOC(=O)C(=O)c1cc(Cl)c2c(c1)OCCCO2. The van der Waals surface area contributed by atoms with Crippen molar-refractivity contribution >= 4 is 23.4 Å². The monoisotopic (exact) mass is 284 g/mol. The van der Waals surface area contributed by atoms with Gasteiger partial charge in [0.2, 0.25) is 0 Å². The first-order chi connectivity index (χ1) is 9.13. The van der Waals surface area contributed by atoms with E-state index in [0.717, 1.165) is 6.42 Å². The summed E-state index contributed by atoms with van der Waals surface area (Å²) in [7, 11) is 0. The number of hydrogen-bond donors (Lipinski definition) is 0. The summed E-state index contributed by atoms with van der Waals surface area (Å²) in [4.78, 5) is 23.2. The van der Waals surface area contributed by atoms with Gasteiger partial charge in [-0.25, -0.2) is 4.79 Å². The fourth-order valence-electron chi connectivity index (χ4n) is 1.68. The van der Waals surface area contributed by atoms with Gasteiger partial charge in [0.1, 0.15) is 0 Å². The van der Waals surface area contributed by atoms with Crippen molar-refractivity contribution in [3.05, 3.63) is 22.7 Å². The van der Waals surface area contributed by atoms with Crippen molar-refractivity contribution < 1.29 is 23.8 Å². The van der Waals surface area contributed by atoms with E-state index in [2.05, 4.69) is 4.74 Å². The van der Waals surface area contributed by atoms with Gasteiger partial charge in [-0.1, -0.05) is 11.6 Å². The summed E-state index contributed by atoms with van der Waals surface area (Å²) >= 11 is 6.04. The second-order valence-electron chi connectivity index (χ2n) is 3.89. The highest BCUT2D eigenvalue weighted by Gasteiger charge is 2.23. The molecule has 0 amide bonds. The molecule has 0 saturated carbocycles. The summed E-state index contributed by atoms with van der Waals surface area (Å²) in [5.74, 6) is -0.885. The standard InChI is InChI=1S/C13H13ClO5/c1-2-17-13(16)11(15)8-6-9(14)12-10(7-8)18-4-3-5-19-12/h6-7H,2-5H2,1H3. The summed E-state index contributed by atoms with van der Waals surface area (Å²) in [6.07, 6.45) is 0.728. The van der Waals surface area contributed by atoms with Gasteiger partial charge in [-0.2, -0.15) is 0 Å². The molecule has 0 spiro atoms. The molecule has 1 aromatic carbocycles. The molecule has 0 radical (unpaired) electrons. The zero-order valence-electron chi connectivity index (χ0n) is 10.4. The number of Topliss-reactive ketones (excluding diaryl/α,β-unsaturated/α-hetero) is 1. The van der Waals surface area contributed by atoms with Crippen LogP contribution < -0.4 is 9.47 Å². The second-order valence-corrected chi connectivity index (χ2v) is 4.29.